The molecule has 6 nitrogen and oxygen atoms in total. The summed E-state index contributed by atoms with van der Waals surface area (Å²) in [5, 5.41) is 2.74. The summed E-state index contributed by atoms with van der Waals surface area (Å²) in [5.74, 6) is -0.237. The number of carbonyl (C=O) groups is 2. The van der Waals surface area contributed by atoms with Crippen molar-refractivity contribution in [2.45, 2.75) is 13.0 Å². The molecule has 1 N–H and O–H groups in total. The predicted octanol–water partition coefficient (Wildman–Crippen LogP) is 2.99. The topological polar surface area (TPSA) is 73.9 Å². The highest BCUT2D eigenvalue weighted by molar-refractivity contribution is 5.89. The Bertz CT molecular complexity index is 880. The summed E-state index contributed by atoms with van der Waals surface area (Å²) in [6.07, 6.45) is 2.56. The van der Waals surface area contributed by atoms with Crippen molar-refractivity contribution < 1.29 is 28.2 Å². The zero-order chi connectivity index (χ0) is 19.2. The maximum absolute atomic E-state index is 13.1. The Kier molecular flexibility index (Phi) is 5.71. The number of hydrogen-bond donors (Lipinski definition) is 1. The van der Waals surface area contributed by atoms with Gasteiger partial charge in [-0.25, -0.2) is 9.18 Å². The fourth-order valence-corrected chi connectivity index (χ4v) is 2.51. The number of carbonyl (C=O) groups excluding carboxylic acids is 2. The van der Waals surface area contributed by atoms with Crippen LogP contribution in [-0.2, 0) is 14.3 Å². The van der Waals surface area contributed by atoms with Crippen LogP contribution in [0.2, 0.25) is 0 Å². The molecule has 0 radical (unpaired) electrons. The van der Waals surface area contributed by atoms with Crippen molar-refractivity contribution in [2.75, 3.05) is 13.4 Å². The predicted molar refractivity (Wildman–Crippen MR) is 95.5 cm³/mol. The molecule has 2 aromatic carbocycles. The van der Waals surface area contributed by atoms with Gasteiger partial charge in [0.05, 0.1) is 6.04 Å². The van der Waals surface area contributed by atoms with Gasteiger partial charge in [-0.2, -0.15) is 0 Å². The van der Waals surface area contributed by atoms with E-state index in [1.54, 1.807) is 25.1 Å². The normalized spacial score (nSPS) is 13.4. The minimum Gasteiger partial charge on any atom is -0.454 e. The highest BCUT2D eigenvalue weighted by Gasteiger charge is 2.17. The minimum atomic E-state index is -0.690. The van der Waals surface area contributed by atoms with Gasteiger partial charge in [0.2, 0.25) is 6.79 Å². The van der Waals surface area contributed by atoms with E-state index < -0.39 is 24.3 Å². The van der Waals surface area contributed by atoms with Crippen molar-refractivity contribution in [2.24, 2.45) is 0 Å². The zero-order valence-electron chi connectivity index (χ0n) is 14.6. The molecule has 1 atom stereocenters. The fraction of sp³-hybridized carbons (Fsp3) is 0.200. The van der Waals surface area contributed by atoms with Gasteiger partial charge in [-0.05, 0) is 48.4 Å². The Balaban J connectivity index is 1.47. The second kappa shape index (κ2) is 8.35. The van der Waals surface area contributed by atoms with Gasteiger partial charge in [-0.15, -0.1) is 0 Å². The van der Waals surface area contributed by atoms with E-state index in [9.17, 15) is 14.0 Å². The molecule has 0 saturated heterocycles. The smallest absolute Gasteiger partial charge is 0.331 e. The average molecular weight is 371 g/mol. The number of esters is 1. The fourth-order valence-electron chi connectivity index (χ4n) is 2.51. The number of rotatable bonds is 6. The second-order valence-corrected chi connectivity index (χ2v) is 5.90. The molecule has 3 rings (SSSR count). The largest absolute Gasteiger partial charge is 0.454 e. The molecular formula is C20H18FNO5. The van der Waals surface area contributed by atoms with Gasteiger partial charge in [0.15, 0.2) is 18.1 Å². The Labute approximate surface area is 155 Å². The molecule has 7 heteroatoms. The van der Waals surface area contributed by atoms with Crippen molar-refractivity contribution in [1.82, 2.24) is 5.32 Å². The van der Waals surface area contributed by atoms with Gasteiger partial charge in [0.25, 0.3) is 5.91 Å². The van der Waals surface area contributed by atoms with E-state index in [-0.39, 0.29) is 12.8 Å². The van der Waals surface area contributed by atoms with E-state index in [1.807, 2.05) is 6.07 Å². The van der Waals surface area contributed by atoms with Crippen molar-refractivity contribution in [3.8, 4) is 11.5 Å². The summed E-state index contributed by atoms with van der Waals surface area (Å²) < 4.78 is 28.5. The van der Waals surface area contributed by atoms with E-state index in [2.05, 4.69) is 5.32 Å². The van der Waals surface area contributed by atoms with Crippen molar-refractivity contribution >= 4 is 18.0 Å². The van der Waals surface area contributed by atoms with Crippen molar-refractivity contribution in [1.29, 1.82) is 0 Å². The third kappa shape index (κ3) is 5.07. The summed E-state index contributed by atoms with van der Waals surface area (Å²) in [6.45, 7) is 1.57. The second-order valence-electron chi connectivity index (χ2n) is 5.90. The minimum absolute atomic E-state index is 0.179. The molecular weight excluding hydrogens is 353 g/mol. The Morgan fingerprint density at radius 3 is 2.85 bits per heavy atom. The molecule has 1 aliphatic rings. The average Bonchev–Trinajstić information content (AvgIpc) is 3.12. The maximum atomic E-state index is 13.1. The number of fused-ring (bicyclic) bond motifs is 1. The van der Waals surface area contributed by atoms with Crippen molar-refractivity contribution in [3.63, 3.8) is 0 Å². The number of hydrogen-bond acceptors (Lipinski definition) is 5. The third-order valence-corrected chi connectivity index (χ3v) is 3.88. The van der Waals surface area contributed by atoms with Crippen LogP contribution in [0.3, 0.4) is 0 Å². The monoisotopic (exact) mass is 371 g/mol. The molecule has 1 aliphatic heterocycles. The molecule has 0 unspecified atom stereocenters. The lowest BCUT2D eigenvalue weighted by molar-refractivity contribution is -0.144. The lowest BCUT2D eigenvalue weighted by atomic mass is 10.1. The van der Waals surface area contributed by atoms with E-state index in [4.69, 9.17) is 14.2 Å². The Hall–Kier alpha value is -3.35. The first-order valence-corrected chi connectivity index (χ1v) is 8.30. The highest BCUT2D eigenvalue weighted by atomic mass is 19.1. The first-order valence-electron chi connectivity index (χ1n) is 8.30. The van der Waals surface area contributed by atoms with Crippen LogP contribution in [0.15, 0.2) is 48.5 Å². The van der Waals surface area contributed by atoms with Gasteiger partial charge < -0.3 is 19.5 Å². The van der Waals surface area contributed by atoms with Gasteiger partial charge >= 0.3 is 5.97 Å². The molecule has 0 fully saturated rings. The lowest BCUT2D eigenvalue weighted by Crippen LogP contribution is -2.30. The molecule has 0 aromatic heterocycles. The van der Waals surface area contributed by atoms with Crippen LogP contribution in [0, 0.1) is 5.82 Å². The molecule has 0 bridgehead atoms. The van der Waals surface area contributed by atoms with Crippen LogP contribution in [0.25, 0.3) is 6.08 Å². The Morgan fingerprint density at radius 2 is 2.04 bits per heavy atom. The van der Waals surface area contributed by atoms with E-state index in [0.717, 1.165) is 11.6 Å². The number of ether oxygens (including phenoxy) is 3. The van der Waals surface area contributed by atoms with E-state index >= 15 is 0 Å². The van der Waals surface area contributed by atoms with Crippen LogP contribution in [0.1, 0.15) is 24.1 Å². The lowest BCUT2D eigenvalue weighted by Gasteiger charge is -2.14. The summed E-state index contributed by atoms with van der Waals surface area (Å²) >= 11 is 0. The zero-order valence-corrected chi connectivity index (χ0v) is 14.6. The summed E-state index contributed by atoms with van der Waals surface area (Å²) in [5.41, 5.74) is 1.36. The molecule has 140 valence electrons. The molecule has 0 spiro atoms. The standard InChI is InChI=1S/C20H18FNO5/c1-13(15-6-7-17-18(10-15)27-12-26-17)22-19(23)11-25-20(24)8-5-14-3-2-4-16(21)9-14/h2-10,13H,11-12H2,1H3,(H,22,23)/b8-5+/t13-/m0/s1. The Morgan fingerprint density at radius 1 is 1.22 bits per heavy atom. The van der Waals surface area contributed by atoms with Gasteiger partial charge in [-0.1, -0.05) is 18.2 Å². The van der Waals surface area contributed by atoms with Crippen LogP contribution in [0.4, 0.5) is 4.39 Å². The third-order valence-electron chi connectivity index (χ3n) is 3.88. The first kappa shape index (κ1) is 18.4. The van der Waals surface area contributed by atoms with Crippen LogP contribution < -0.4 is 14.8 Å². The van der Waals surface area contributed by atoms with Crippen LogP contribution in [0.5, 0.6) is 11.5 Å². The summed E-state index contributed by atoms with van der Waals surface area (Å²) in [4.78, 5) is 23.6. The summed E-state index contributed by atoms with van der Waals surface area (Å²) in [7, 11) is 0. The number of halogens is 1. The van der Waals surface area contributed by atoms with E-state index in [1.165, 1.54) is 24.3 Å². The molecule has 0 aliphatic carbocycles. The van der Waals surface area contributed by atoms with Gasteiger partial charge in [0, 0.05) is 6.08 Å². The van der Waals surface area contributed by atoms with Crippen LogP contribution in [-0.4, -0.2) is 25.3 Å². The van der Waals surface area contributed by atoms with Crippen LogP contribution >= 0.6 is 0 Å². The highest BCUT2D eigenvalue weighted by Crippen LogP contribution is 2.34. The number of amides is 1. The first-order chi connectivity index (χ1) is 13.0. The quantitative estimate of drug-likeness (QED) is 0.624. The molecule has 27 heavy (non-hydrogen) atoms. The number of benzene rings is 2. The summed E-state index contributed by atoms with van der Waals surface area (Å²) in [6, 6.07) is 10.9. The molecule has 0 saturated carbocycles. The van der Waals surface area contributed by atoms with Crippen molar-refractivity contribution in [3.05, 3.63) is 65.5 Å². The maximum Gasteiger partial charge on any atom is 0.331 e. The van der Waals surface area contributed by atoms with E-state index in [0.29, 0.717) is 17.1 Å². The SMILES string of the molecule is C[C@H](NC(=O)COC(=O)/C=C/c1cccc(F)c1)c1ccc2c(c1)OCO2. The van der Waals surface area contributed by atoms with Gasteiger partial charge in [0.1, 0.15) is 5.82 Å². The molecule has 2 aromatic rings. The number of nitrogens with one attached hydrogen (secondary N) is 1. The van der Waals surface area contributed by atoms with Gasteiger partial charge in [-0.3, -0.25) is 4.79 Å². The molecule has 1 heterocycles. The molecule has 1 amide bonds.